The molecular weight excluding hydrogens is 223 g/mol. The molecule has 0 spiro atoms. The standard InChI is InChI=1S/C13H17FO3/c1-9(6-7-16-3)17-13-5-4-11(10(2)15)8-12(13)14/h4-5,8-9H,6-7H2,1-3H3. The van der Waals surface area contributed by atoms with Crippen LogP contribution in [0, 0.1) is 5.82 Å². The minimum atomic E-state index is -0.512. The van der Waals surface area contributed by atoms with Gasteiger partial charge in [0.1, 0.15) is 0 Å². The highest BCUT2D eigenvalue weighted by atomic mass is 19.1. The first-order valence-electron chi connectivity index (χ1n) is 5.50. The molecule has 1 aromatic rings. The molecule has 0 aromatic heterocycles. The van der Waals surface area contributed by atoms with Gasteiger partial charge in [0.25, 0.3) is 0 Å². The third-order valence-corrected chi connectivity index (χ3v) is 2.40. The first-order valence-corrected chi connectivity index (χ1v) is 5.50. The maximum Gasteiger partial charge on any atom is 0.165 e. The molecule has 1 unspecified atom stereocenters. The third-order valence-electron chi connectivity index (χ3n) is 2.40. The van der Waals surface area contributed by atoms with Crippen LogP contribution in [0.3, 0.4) is 0 Å². The van der Waals surface area contributed by atoms with Crippen molar-refractivity contribution >= 4 is 5.78 Å². The van der Waals surface area contributed by atoms with Crippen molar-refractivity contribution in [2.75, 3.05) is 13.7 Å². The van der Waals surface area contributed by atoms with Crippen LogP contribution in [-0.2, 0) is 4.74 Å². The molecular formula is C13H17FO3. The highest BCUT2D eigenvalue weighted by Gasteiger charge is 2.10. The van der Waals surface area contributed by atoms with Crippen LogP contribution in [0.1, 0.15) is 30.6 Å². The summed E-state index contributed by atoms with van der Waals surface area (Å²) in [5, 5.41) is 0. The van der Waals surface area contributed by atoms with Gasteiger partial charge in [0.2, 0.25) is 0 Å². The number of hydrogen-bond donors (Lipinski definition) is 0. The van der Waals surface area contributed by atoms with E-state index in [1.807, 2.05) is 6.92 Å². The summed E-state index contributed by atoms with van der Waals surface area (Å²) in [6.07, 6.45) is 0.553. The van der Waals surface area contributed by atoms with Crippen molar-refractivity contribution in [1.82, 2.24) is 0 Å². The summed E-state index contributed by atoms with van der Waals surface area (Å²) in [5.74, 6) is -0.511. The number of methoxy groups -OCH3 is 1. The largest absolute Gasteiger partial charge is 0.488 e. The predicted octanol–water partition coefficient (Wildman–Crippen LogP) is 2.83. The van der Waals surface area contributed by atoms with Crippen LogP contribution in [0.15, 0.2) is 18.2 Å². The zero-order valence-electron chi connectivity index (χ0n) is 10.3. The van der Waals surface area contributed by atoms with Crippen molar-refractivity contribution in [3.05, 3.63) is 29.6 Å². The van der Waals surface area contributed by atoms with Crippen LogP contribution in [0.5, 0.6) is 5.75 Å². The maximum atomic E-state index is 13.6. The molecule has 17 heavy (non-hydrogen) atoms. The predicted molar refractivity (Wildman–Crippen MR) is 63.0 cm³/mol. The highest BCUT2D eigenvalue weighted by Crippen LogP contribution is 2.20. The molecule has 1 rings (SSSR count). The van der Waals surface area contributed by atoms with Crippen molar-refractivity contribution in [2.24, 2.45) is 0 Å². The van der Waals surface area contributed by atoms with Crippen LogP contribution >= 0.6 is 0 Å². The Morgan fingerprint density at radius 2 is 2.18 bits per heavy atom. The molecule has 1 aromatic carbocycles. The van der Waals surface area contributed by atoms with Gasteiger partial charge in [0, 0.05) is 25.7 Å². The summed E-state index contributed by atoms with van der Waals surface area (Å²) >= 11 is 0. The van der Waals surface area contributed by atoms with Crippen LogP contribution in [0.4, 0.5) is 4.39 Å². The van der Waals surface area contributed by atoms with E-state index >= 15 is 0 Å². The minimum absolute atomic E-state index is 0.132. The van der Waals surface area contributed by atoms with Gasteiger partial charge in [0.05, 0.1) is 6.10 Å². The Morgan fingerprint density at radius 3 is 2.71 bits per heavy atom. The molecule has 4 heteroatoms. The fourth-order valence-electron chi connectivity index (χ4n) is 1.37. The Labute approximate surface area is 101 Å². The van der Waals surface area contributed by atoms with Crippen LogP contribution in [0.2, 0.25) is 0 Å². The maximum absolute atomic E-state index is 13.6. The second-order valence-electron chi connectivity index (χ2n) is 3.91. The SMILES string of the molecule is COCCC(C)Oc1ccc(C(C)=O)cc1F. The molecule has 0 aliphatic carbocycles. The lowest BCUT2D eigenvalue weighted by molar-refractivity contribution is 0.101. The van der Waals surface area contributed by atoms with E-state index in [4.69, 9.17) is 9.47 Å². The number of Topliss-reactive ketones (excluding diaryl/α,β-unsaturated/α-hetero) is 1. The Kier molecular flexibility index (Phi) is 5.10. The molecule has 3 nitrogen and oxygen atoms in total. The van der Waals surface area contributed by atoms with Gasteiger partial charge in [0.15, 0.2) is 17.3 Å². The molecule has 0 bridgehead atoms. The second-order valence-corrected chi connectivity index (χ2v) is 3.91. The molecule has 94 valence electrons. The molecule has 0 amide bonds. The zero-order chi connectivity index (χ0) is 12.8. The van der Waals surface area contributed by atoms with Gasteiger partial charge in [-0.2, -0.15) is 0 Å². The van der Waals surface area contributed by atoms with E-state index in [1.54, 1.807) is 13.2 Å². The number of hydrogen-bond acceptors (Lipinski definition) is 3. The number of ketones is 1. The van der Waals surface area contributed by atoms with Crippen molar-refractivity contribution in [3.8, 4) is 5.75 Å². The number of ether oxygens (including phenoxy) is 2. The van der Waals surface area contributed by atoms with Gasteiger partial charge in [-0.25, -0.2) is 4.39 Å². The first kappa shape index (κ1) is 13.6. The van der Waals surface area contributed by atoms with E-state index < -0.39 is 5.82 Å². The molecule has 0 saturated heterocycles. The van der Waals surface area contributed by atoms with Crippen molar-refractivity contribution in [1.29, 1.82) is 0 Å². The lowest BCUT2D eigenvalue weighted by Crippen LogP contribution is -2.15. The summed E-state index contributed by atoms with van der Waals surface area (Å²) in [6, 6.07) is 4.24. The minimum Gasteiger partial charge on any atom is -0.488 e. The third kappa shape index (κ3) is 4.15. The molecule has 0 aliphatic heterocycles. The van der Waals surface area contributed by atoms with Gasteiger partial charge in [-0.15, -0.1) is 0 Å². The molecule has 1 atom stereocenters. The lowest BCUT2D eigenvalue weighted by Gasteiger charge is -2.15. The molecule has 0 radical (unpaired) electrons. The summed E-state index contributed by atoms with van der Waals surface area (Å²) in [7, 11) is 1.61. The Hall–Kier alpha value is -1.42. The Bertz CT molecular complexity index is 390. The van der Waals surface area contributed by atoms with Crippen LogP contribution in [0.25, 0.3) is 0 Å². The van der Waals surface area contributed by atoms with Crippen molar-refractivity contribution < 1.29 is 18.7 Å². The van der Waals surface area contributed by atoms with E-state index in [-0.39, 0.29) is 17.6 Å². The van der Waals surface area contributed by atoms with Gasteiger partial charge >= 0.3 is 0 Å². The average molecular weight is 240 g/mol. The number of carbonyl (C=O) groups excluding carboxylic acids is 1. The normalized spacial score (nSPS) is 12.2. The van der Waals surface area contributed by atoms with Gasteiger partial charge in [-0.05, 0) is 32.0 Å². The van der Waals surface area contributed by atoms with E-state index in [0.717, 1.165) is 0 Å². The fraction of sp³-hybridized carbons (Fsp3) is 0.462. The molecule has 0 aliphatic rings. The van der Waals surface area contributed by atoms with E-state index in [9.17, 15) is 9.18 Å². The number of carbonyl (C=O) groups is 1. The topological polar surface area (TPSA) is 35.5 Å². The summed E-state index contributed by atoms with van der Waals surface area (Å²) in [5.41, 5.74) is 0.347. The second kappa shape index (κ2) is 6.35. The summed E-state index contributed by atoms with van der Waals surface area (Å²) in [6.45, 7) is 3.81. The lowest BCUT2D eigenvalue weighted by atomic mass is 10.1. The van der Waals surface area contributed by atoms with Gasteiger partial charge in [-0.3, -0.25) is 4.79 Å². The van der Waals surface area contributed by atoms with E-state index in [1.165, 1.54) is 19.1 Å². The smallest absolute Gasteiger partial charge is 0.165 e. The highest BCUT2D eigenvalue weighted by molar-refractivity contribution is 5.94. The fourth-order valence-corrected chi connectivity index (χ4v) is 1.37. The molecule has 0 saturated carbocycles. The Balaban J connectivity index is 2.69. The van der Waals surface area contributed by atoms with Crippen LogP contribution in [-0.4, -0.2) is 25.6 Å². The van der Waals surface area contributed by atoms with E-state index in [2.05, 4.69) is 0 Å². The summed E-state index contributed by atoms with van der Waals surface area (Å²) < 4.78 is 23.9. The van der Waals surface area contributed by atoms with Crippen molar-refractivity contribution in [2.45, 2.75) is 26.4 Å². The monoisotopic (exact) mass is 240 g/mol. The number of rotatable bonds is 6. The molecule has 0 heterocycles. The Morgan fingerprint density at radius 1 is 1.47 bits per heavy atom. The first-order chi connectivity index (χ1) is 8.04. The number of halogens is 1. The zero-order valence-corrected chi connectivity index (χ0v) is 10.3. The number of benzene rings is 1. The van der Waals surface area contributed by atoms with E-state index in [0.29, 0.717) is 18.6 Å². The van der Waals surface area contributed by atoms with Crippen molar-refractivity contribution in [3.63, 3.8) is 0 Å². The van der Waals surface area contributed by atoms with Gasteiger partial charge < -0.3 is 9.47 Å². The summed E-state index contributed by atoms with van der Waals surface area (Å²) in [4.78, 5) is 11.0. The average Bonchev–Trinajstić information content (AvgIpc) is 2.28. The quantitative estimate of drug-likeness (QED) is 0.717. The van der Waals surface area contributed by atoms with Crippen LogP contribution < -0.4 is 4.74 Å². The molecule has 0 N–H and O–H groups in total. The van der Waals surface area contributed by atoms with Gasteiger partial charge in [-0.1, -0.05) is 0 Å². The molecule has 0 fully saturated rings.